The van der Waals surface area contributed by atoms with E-state index in [0.717, 1.165) is 31.4 Å². The predicted octanol–water partition coefficient (Wildman–Crippen LogP) is 3.61. The zero-order valence-corrected chi connectivity index (χ0v) is 10.2. The van der Waals surface area contributed by atoms with Gasteiger partial charge in [-0.1, -0.05) is 36.8 Å². The molecule has 2 heteroatoms. The van der Waals surface area contributed by atoms with E-state index in [0.29, 0.717) is 12.5 Å². The smallest absolute Gasteiger partial charge is 0.162 e. The van der Waals surface area contributed by atoms with Gasteiger partial charge in [0.05, 0.1) is 6.10 Å². The quantitative estimate of drug-likeness (QED) is 0.553. The van der Waals surface area contributed by atoms with Gasteiger partial charge < -0.3 is 4.74 Å². The molecule has 1 unspecified atom stereocenters. The number of unbranched alkanes of at least 4 members (excludes halogenated alkanes) is 1. The van der Waals surface area contributed by atoms with Crippen LogP contribution in [0.3, 0.4) is 0 Å². The average Bonchev–Trinajstić information content (AvgIpc) is 2.88. The van der Waals surface area contributed by atoms with Gasteiger partial charge in [-0.15, -0.1) is 0 Å². The van der Waals surface area contributed by atoms with Crippen LogP contribution < -0.4 is 0 Å². The lowest BCUT2D eigenvalue weighted by atomic mass is 10.0. The van der Waals surface area contributed by atoms with E-state index in [4.69, 9.17) is 4.74 Å². The Bertz CT molecular complexity index is 339. The Morgan fingerprint density at radius 2 is 2.06 bits per heavy atom. The van der Waals surface area contributed by atoms with Gasteiger partial charge in [0.15, 0.2) is 5.78 Å². The van der Waals surface area contributed by atoms with Crippen LogP contribution in [0.5, 0.6) is 0 Å². The second-order valence-electron chi connectivity index (χ2n) is 4.67. The minimum absolute atomic E-state index is 0.262. The maximum Gasteiger partial charge on any atom is 0.162 e. The maximum atomic E-state index is 11.8. The first kappa shape index (κ1) is 12.3. The zero-order valence-electron chi connectivity index (χ0n) is 10.2. The van der Waals surface area contributed by atoms with Crippen LogP contribution in [0, 0.1) is 0 Å². The molecule has 1 atom stereocenters. The molecule has 0 saturated carbocycles. The molecule has 0 spiro atoms. The molecule has 0 aromatic heterocycles. The Hall–Kier alpha value is -1.15. The first-order valence-corrected chi connectivity index (χ1v) is 6.56. The van der Waals surface area contributed by atoms with Crippen molar-refractivity contribution in [2.45, 2.75) is 44.6 Å². The lowest BCUT2D eigenvalue weighted by Gasteiger charge is -2.08. The summed E-state index contributed by atoms with van der Waals surface area (Å²) in [5.41, 5.74) is 0.838. The molecule has 1 aromatic carbocycles. The molecular formula is C15H20O2. The fraction of sp³-hybridized carbons (Fsp3) is 0.533. The van der Waals surface area contributed by atoms with Crippen LogP contribution in [-0.2, 0) is 4.74 Å². The van der Waals surface area contributed by atoms with Crippen LogP contribution >= 0.6 is 0 Å². The van der Waals surface area contributed by atoms with Crippen molar-refractivity contribution in [2.24, 2.45) is 0 Å². The van der Waals surface area contributed by atoms with Crippen LogP contribution in [0.1, 0.15) is 48.9 Å². The number of Topliss-reactive ketones (excluding diaryl/α,β-unsaturated/α-hetero) is 1. The van der Waals surface area contributed by atoms with Crippen LogP contribution in [-0.4, -0.2) is 18.5 Å². The third-order valence-corrected chi connectivity index (χ3v) is 3.30. The summed E-state index contributed by atoms with van der Waals surface area (Å²) >= 11 is 0. The van der Waals surface area contributed by atoms with Crippen molar-refractivity contribution in [1.29, 1.82) is 0 Å². The van der Waals surface area contributed by atoms with E-state index < -0.39 is 0 Å². The minimum atomic E-state index is 0.262. The van der Waals surface area contributed by atoms with Gasteiger partial charge in [0.1, 0.15) is 0 Å². The molecule has 1 aromatic rings. The van der Waals surface area contributed by atoms with Crippen molar-refractivity contribution < 1.29 is 9.53 Å². The number of hydrogen-bond acceptors (Lipinski definition) is 2. The molecule has 1 aliphatic rings. The number of carbonyl (C=O) groups is 1. The summed E-state index contributed by atoms with van der Waals surface area (Å²) in [7, 11) is 0. The number of benzene rings is 1. The molecule has 17 heavy (non-hydrogen) atoms. The van der Waals surface area contributed by atoms with Crippen LogP contribution in [0.15, 0.2) is 30.3 Å². The van der Waals surface area contributed by atoms with E-state index in [1.54, 1.807) is 0 Å². The highest BCUT2D eigenvalue weighted by Crippen LogP contribution is 2.18. The summed E-state index contributed by atoms with van der Waals surface area (Å²) in [5, 5.41) is 0. The van der Waals surface area contributed by atoms with E-state index >= 15 is 0 Å². The topological polar surface area (TPSA) is 26.3 Å². The molecule has 0 radical (unpaired) electrons. The molecule has 0 N–H and O–H groups in total. The summed E-state index contributed by atoms with van der Waals surface area (Å²) < 4.78 is 5.56. The van der Waals surface area contributed by atoms with Crippen molar-refractivity contribution in [3.05, 3.63) is 35.9 Å². The first-order valence-electron chi connectivity index (χ1n) is 6.56. The number of ketones is 1. The first-order chi connectivity index (χ1) is 8.36. The van der Waals surface area contributed by atoms with Gasteiger partial charge in [-0.25, -0.2) is 0 Å². The molecular weight excluding hydrogens is 212 g/mol. The van der Waals surface area contributed by atoms with Gasteiger partial charge in [0, 0.05) is 18.6 Å². The summed E-state index contributed by atoms with van der Waals surface area (Å²) in [5.74, 6) is 0.262. The van der Waals surface area contributed by atoms with Gasteiger partial charge in [-0.3, -0.25) is 4.79 Å². The molecule has 2 nitrogen and oxygen atoms in total. The Kier molecular flexibility index (Phi) is 4.75. The van der Waals surface area contributed by atoms with Crippen molar-refractivity contribution in [3.63, 3.8) is 0 Å². The van der Waals surface area contributed by atoms with E-state index in [1.165, 1.54) is 12.8 Å². The van der Waals surface area contributed by atoms with Crippen molar-refractivity contribution in [1.82, 2.24) is 0 Å². The standard InChI is InChI=1S/C15H20O2/c16-15(13-7-2-1-3-8-13)11-5-4-9-14-10-6-12-17-14/h1-3,7-8,14H,4-6,9-12H2. The highest BCUT2D eigenvalue weighted by atomic mass is 16.5. The molecule has 1 fully saturated rings. The summed E-state index contributed by atoms with van der Waals surface area (Å²) in [6, 6.07) is 9.55. The number of carbonyl (C=O) groups excluding carboxylic acids is 1. The predicted molar refractivity (Wildman–Crippen MR) is 68.2 cm³/mol. The molecule has 92 valence electrons. The molecule has 0 aliphatic carbocycles. The average molecular weight is 232 g/mol. The third kappa shape index (κ3) is 3.97. The number of hydrogen-bond donors (Lipinski definition) is 0. The summed E-state index contributed by atoms with van der Waals surface area (Å²) in [6.45, 7) is 0.924. The largest absolute Gasteiger partial charge is 0.378 e. The summed E-state index contributed by atoms with van der Waals surface area (Å²) in [4.78, 5) is 11.8. The second kappa shape index (κ2) is 6.55. The number of ether oxygens (including phenoxy) is 1. The monoisotopic (exact) mass is 232 g/mol. The van der Waals surface area contributed by atoms with E-state index in [9.17, 15) is 4.79 Å². The molecule has 1 heterocycles. The lowest BCUT2D eigenvalue weighted by molar-refractivity contribution is 0.0948. The Morgan fingerprint density at radius 3 is 2.76 bits per heavy atom. The molecule has 1 saturated heterocycles. The van der Waals surface area contributed by atoms with Crippen molar-refractivity contribution in [2.75, 3.05) is 6.61 Å². The van der Waals surface area contributed by atoms with Gasteiger partial charge in [-0.05, 0) is 25.7 Å². The maximum absolute atomic E-state index is 11.8. The third-order valence-electron chi connectivity index (χ3n) is 3.30. The highest BCUT2D eigenvalue weighted by Gasteiger charge is 2.14. The summed E-state index contributed by atoms with van der Waals surface area (Å²) in [6.07, 6.45) is 6.72. The van der Waals surface area contributed by atoms with E-state index in [-0.39, 0.29) is 5.78 Å². The van der Waals surface area contributed by atoms with Crippen molar-refractivity contribution >= 4 is 5.78 Å². The van der Waals surface area contributed by atoms with Crippen LogP contribution in [0.2, 0.25) is 0 Å². The zero-order chi connectivity index (χ0) is 11.9. The number of rotatable bonds is 6. The Morgan fingerprint density at radius 1 is 1.24 bits per heavy atom. The van der Waals surface area contributed by atoms with Gasteiger partial charge in [0.2, 0.25) is 0 Å². The van der Waals surface area contributed by atoms with E-state index in [1.807, 2.05) is 30.3 Å². The normalized spacial score (nSPS) is 19.4. The van der Waals surface area contributed by atoms with Gasteiger partial charge >= 0.3 is 0 Å². The lowest BCUT2D eigenvalue weighted by Crippen LogP contribution is -2.05. The Labute approximate surface area is 103 Å². The van der Waals surface area contributed by atoms with Crippen LogP contribution in [0.4, 0.5) is 0 Å². The fourth-order valence-electron chi connectivity index (χ4n) is 2.30. The second-order valence-corrected chi connectivity index (χ2v) is 4.67. The Balaban J connectivity index is 1.63. The van der Waals surface area contributed by atoms with Crippen LogP contribution in [0.25, 0.3) is 0 Å². The fourth-order valence-corrected chi connectivity index (χ4v) is 2.30. The van der Waals surface area contributed by atoms with E-state index in [2.05, 4.69) is 0 Å². The molecule has 1 aliphatic heterocycles. The molecule has 0 amide bonds. The van der Waals surface area contributed by atoms with Gasteiger partial charge in [-0.2, -0.15) is 0 Å². The molecule has 0 bridgehead atoms. The minimum Gasteiger partial charge on any atom is -0.378 e. The SMILES string of the molecule is O=C(CCCCC1CCCO1)c1ccccc1. The van der Waals surface area contributed by atoms with Crippen molar-refractivity contribution in [3.8, 4) is 0 Å². The van der Waals surface area contributed by atoms with Gasteiger partial charge in [0.25, 0.3) is 0 Å². The molecule has 2 rings (SSSR count). The highest BCUT2D eigenvalue weighted by molar-refractivity contribution is 5.95.